The van der Waals surface area contributed by atoms with Gasteiger partial charge in [0.25, 0.3) is 0 Å². The normalized spacial score (nSPS) is 10.8. The number of likely N-dealkylation sites (N-methyl/N-ethyl adjacent to an activating group) is 1. The van der Waals surface area contributed by atoms with Gasteiger partial charge in [0, 0.05) is 31.9 Å². The average Bonchev–Trinajstić information content (AvgIpc) is 2.43. The largest absolute Gasteiger partial charge is 0.329 e. The van der Waals surface area contributed by atoms with Crippen LogP contribution in [0.25, 0.3) is 0 Å². The van der Waals surface area contributed by atoms with Crippen LogP contribution in [0.5, 0.6) is 0 Å². The van der Waals surface area contributed by atoms with Crippen molar-refractivity contribution in [3.05, 3.63) is 17.7 Å². The molecular formula is C9H15N3O. The van der Waals surface area contributed by atoms with E-state index in [0.717, 1.165) is 24.9 Å². The Morgan fingerprint density at radius 3 is 2.77 bits per heavy atom. The summed E-state index contributed by atoms with van der Waals surface area (Å²) < 4.78 is 1.83. The van der Waals surface area contributed by atoms with Gasteiger partial charge in [-0.3, -0.25) is 4.79 Å². The molecule has 0 N–H and O–H groups in total. The van der Waals surface area contributed by atoms with Gasteiger partial charge in [-0.2, -0.15) is 0 Å². The van der Waals surface area contributed by atoms with Crippen molar-refractivity contribution < 1.29 is 4.79 Å². The maximum atomic E-state index is 10.5. The predicted octanol–water partition coefficient (Wildman–Crippen LogP) is 0.337. The van der Waals surface area contributed by atoms with Crippen LogP contribution in [0, 0.1) is 0 Å². The predicted molar refractivity (Wildman–Crippen MR) is 50.9 cm³/mol. The van der Waals surface area contributed by atoms with Gasteiger partial charge in [-0.15, -0.1) is 0 Å². The van der Waals surface area contributed by atoms with E-state index in [1.54, 1.807) is 6.20 Å². The first-order chi connectivity index (χ1) is 6.15. The zero-order valence-electron chi connectivity index (χ0n) is 8.32. The van der Waals surface area contributed by atoms with E-state index >= 15 is 0 Å². The lowest BCUT2D eigenvalue weighted by atomic mass is 10.3. The zero-order chi connectivity index (χ0) is 9.84. The third-order valence-corrected chi connectivity index (χ3v) is 2.04. The van der Waals surface area contributed by atoms with Crippen LogP contribution in [0.15, 0.2) is 6.20 Å². The van der Waals surface area contributed by atoms with Crippen LogP contribution in [0.4, 0.5) is 0 Å². The molecule has 72 valence electrons. The van der Waals surface area contributed by atoms with Crippen molar-refractivity contribution in [1.82, 2.24) is 14.5 Å². The summed E-state index contributed by atoms with van der Waals surface area (Å²) in [4.78, 5) is 16.6. The fourth-order valence-corrected chi connectivity index (χ4v) is 1.14. The number of carbonyl (C=O) groups excluding carboxylic acids is 1. The monoisotopic (exact) mass is 181 g/mol. The van der Waals surface area contributed by atoms with Crippen LogP contribution in [-0.2, 0) is 13.5 Å². The number of aromatic nitrogens is 2. The van der Waals surface area contributed by atoms with Crippen molar-refractivity contribution in [3.8, 4) is 0 Å². The molecule has 0 radical (unpaired) electrons. The van der Waals surface area contributed by atoms with Gasteiger partial charge in [-0.25, -0.2) is 4.98 Å². The Hall–Kier alpha value is -1.16. The van der Waals surface area contributed by atoms with E-state index in [2.05, 4.69) is 9.88 Å². The molecule has 0 amide bonds. The molecular weight excluding hydrogens is 166 g/mol. The van der Waals surface area contributed by atoms with Gasteiger partial charge in [0.2, 0.25) is 0 Å². The molecule has 13 heavy (non-hydrogen) atoms. The topological polar surface area (TPSA) is 38.1 Å². The molecule has 0 bridgehead atoms. The molecule has 1 rings (SSSR count). The number of aldehydes is 1. The Morgan fingerprint density at radius 1 is 1.62 bits per heavy atom. The molecule has 0 spiro atoms. The maximum absolute atomic E-state index is 10.5. The Kier molecular flexibility index (Phi) is 3.19. The van der Waals surface area contributed by atoms with E-state index in [4.69, 9.17) is 0 Å². The molecule has 0 aliphatic carbocycles. The second-order valence-corrected chi connectivity index (χ2v) is 3.34. The Labute approximate surface area is 78.2 Å². The fraction of sp³-hybridized carbons (Fsp3) is 0.556. The first-order valence-electron chi connectivity index (χ1n) is 4.25. The van der Waals surface area contributed by atoms with Crippen molar-refractivity contribution in [2.45, 2.75) is 6.42 Å². The molecule has 4 nitrogen and oxygen atoms in total. The van der Waals surface area contributed by atoms with Gasteiger partial charge in [0.1, 0.15) is 0 Å². The van der Waals surface area contributed by atoms with E-state index in [0.29, 0.717) is 5.82 Å². The minimum atomic E-state index is 0.494. The molecule has 0 aromatic carbocycles. The maximum Gasteiger partial charge on any atom is 0.185 e. The van der Waals surface area contributed by atoms with Crippen molar-refractivity contribution in [3.63, 3.8) is 0 Å². The summed E-state index contributed by atoms with van der Waals surface area (Å²) in [6.07, 6.45) is 3.46. The smallest absolute Gasteiger partial charge is 0.185 e. The summed E-state index contributed by atoms with van der Waals surface area (Å²) in [7, 11) is 5.91. The van der Waals surface area contributed by atoms with E-state index in [1.165, 1.54) is 0 Å². The van der Waals surface area contributed by atoms with Crippen LogP contribution in [0.1, 0.15) is 16.3 Å². The summed E-state index contributed by atoms with van der Waals surface area (Å²) >= 11 is 0. The second kappa shape index (κ2) is 4.18. The summed E-state index contributed by atoms with van der Waals surface area (Å²) in [5, 5.41) is 0. The molecule has 1 heterocycles. The highest BCUT2D eigenvalue weighted by Crippen LogP contribution is 2.02. The average molecular weight is 181 g/mol. The van der Waals surface area contributed by atoms with Crippen molar-refractivity contribution in [2.24, 2.45) is 7.05 Å². The summed E-state index contributed by atoms with van der Waals surface area (Å²) in [5.74, 6) is 0.494. The van der Waals surface area contributed by atoms with Gasteiger partial charge < -0.3 is 9.47 Å². The zero-order valence-corrected chi connectivity index (χ0v) is 8.32. The molecule has 0 fully saturated rings. The van der Waals surface area contributed by atoms with Gasteiger partial charge >= 0.3 is 0 Å². The highest BCUT2D eigenvalue weighted by atomic mass is 16.1. The SMILES string of the molecule is CN(C)CCc1cnc(C=O)n1C. The van der Waals surface area contributed by atoms with Crippen molar-refractivity contribution in [1.29, 1.82) is 0 Å². The Bertz CT molecular complexity index is 291. The molecule has 0 atom stereocenters. The Morgan fingerprint density at radius 2 is 2.31 bits per heavy atom. The van der Waals surface area contributed by atoms with Crippen LogP contribution >= 0.6 is 0 Å². The quantitative estimate of drug-likeness (QED) is 0.628. The van der Waals surface area contributed by atoms with Crippen LogP contribution in [0.2, 0.25) is 0 Å². The third kappa shape index (κ3) is 2.39. The minimum absolute atomic E-state index is 0.494. The van der Waals surface area contributed by atoms with Crippen molar-refractivity contribution >= 4 is 6.29 Å². The molecule has 1 aromatic heterocycles. The van der Waals surface area contributed by atoms with Gasteiger partial charge in [0.05, 0.1) is 0 Å². The van der Waals surface area contributed by atoms with Gasteiger partial charge in [-0.05, 0) is 14.1 Å². The number of nitrogens with zero attached hydrogens (tertiary/aromatic N) is 3. The van der Waals surface area contributed by atoms with Crippen LogP contribution in [0.3, 0.4) is 0 Å². The summed E-state index contributed by atoms with van der Waals surface area (Å²) in [6.45, 7) is 0.970. The van der Waals surface area contributed by atoms with E-state index in [1.807, 2.05) is 25.7 Å². The Balaban J connectivity index is 2.67. The highest BCUT2D eigenvalue weighted by Gasteiger charge is 2.04. The minimum Gasteiger partial charge on any atom is -0.329 e. The summed E-state index contributed by atoms with van der Waals surface area (Å²) in [6, 6.07) is 0. The lowest BCUT2D eigenvalue weighted by molar-refractivity contribution is 0.111. The standard InChI is InChI=1S/C9H15N3O/c1-11(2)5-4-8-6-10-9(7-13)12(8)3/h6-7H,4-5H2,1-3H3. The fourth-order valence-electron chi connectivity index (χ4n) is 1.14. The number of imidazole rings is 1. The molecule has 0 aliphatic heterocycles. The number of rotatable bonds is 4. The molecule has 0 unspecified atom stereocenters. The van der Waals surface area contributed by atoms with E-state index in [9.17, 15) is 4.79 Å². The van der Waals surface area contributed by atoms with Crippen molar-refractivity contribution in [2.75, 3.05) is 20.6 Å². The highest BCUT2D eigenvalue weighted by molar-refractivity contribution is 5.69. The first kappa shape index (κ1) is 9.92. The van der Waals surface area contributed by atoms with E-state index < -0.39 is 0 Å². The first-order valence-corrected chi connectivity index (χ1v) is 4.25. The molecule has 4 heteroatoms. The number of carbonyl (C=O) groups is 1. The lowest BCUT2D eigenvalue weighted by Gasteiger charge is -2.09. The van der Waals surface area contributed by atoms with Crippen LogP contribution in [-0.4, -0.2) is 41.4 Å². The summed E-state index contributed by atoms with van der Waals surface area (Å²) in [5.41, 5.74) is 1.09. The van der Waals surface area contributed by atoms with E-state index in [-0.39, 0.29) is 0 Å². The van der Waals surface area contributed by atoms with Gasteiger partial charge in [-0.1, -0.05) is 0 Å². The van der Waals surface area contributed by atoms with Gasteiger partial charge in [0.15, 0.2) is 12.1 Å². The molecule has 0 saturated heterocycles. The second-order valence-electron chi connectivity index (χ2n) is 3.34. The lowest BCUT2D eigenvalue weighted by Crippen LogP contribution is -2.16. The molecule has 0 aliphatic rings. The van der Waals surface area contributed by atoms with Crippen LogP contribution < -0.4 is 0 Å². The number of hydrogen-bond donors (Lipinski definition) is 0. The molecule has 0 saturated carbocycles. The molecule has 1 aromatic rings. The third-order valence-electron chi connectivity index (χ3n) is 2.04. The number of hydrogen-bond acceptors (Lipinski definition) is 3.